The highest BCUT2D eigenvalue weighted by atomic mass is 16.4. The van der Waals surface area contributed by atoms with Crippen LogP contribution in [0.15, 0.2) is 0 Å². The van der Waals surface area contributed by atoms with Gasteiger partial charge in [0, 0.05) is 58.3 Å². The van der Waals surface area contributed by atoms with E-state index in [2.05, 4.69) is 40.4 Å². The number of hydrogen-bond donors (Lipinski definition) is 6. The third kappa shape index (κ3) is 26.4. The standard InChI is InChI=1S/C32H59N5O7/c1-3-5-7-9-11-13-22-33-28(39)20-24-35-27(38)19-18-26(37-30(41)16-15-17-31(42)43)32(44)36-25-21-29(40)34-23-14-12-10-8-6-4-2/h26H,3-25H2,1-2H3,(H,33,39)(H,34,40)(H,35,38)(H,36,44)(H,37,41)(H,42,43). The molecular formula is C32H59N5O7. The van der Waals surface area contributed by atoms with Crippen LogP contribution < -0.4 is 26.6 Å². The van der Waals surface area contributed by atoms with Gasteiger partial charge >= 0.3 is 5.97 Å². The molecule has 0 rings (SSSR count). The zero-order valence-electron chi connectivity index (χ0n) is 27.2. The minimum absolute atomic E-state index is 0.0107. The number of amides is 5. The number of carboxylic acid groups (broad SMARTS) is 1. The fourth-order valence-corrected chi connectivity index (χ4v) is 4.48. The highest BCUT2D eigenvalue weighted by Gasteiger charge is 2.22. The Morgan fingerprint density at radius 2 is 0.932 bits per heavy atom. The largest absolute Gasteiger partial charge is 0.481 e. The second-order valence-electron chi connectivity index (χ2n) is 11.3. The summed E-state index contributed by atoms with van der Waals surface area (Å²) < 4.78 is 0. The van der Waals surface area contributed by atoms with Gasteiger partial charge < -0.3 is 31.7 Å². The van der Waals surface area contributed by atoms with E-state index >= 15 is 0 Å². The van der Waals surface area contributed by atoms with E-state index < -0.39 is 23.8 Å². The van der Waals surface area contributed by atoms with Gasteiger partial charge in [-0.15, -0.1) is 0 Å². The van der Waals surface area contributed by atoms with Gasteiger partial charge in [-0.1, -0.05) is 78.1 Å². The first-order valence-electron chi connectivity index (χ1n) is 16.8. The molecule has 12 heteroatoms. The molecule has 44 heavy (non-hydrogen) atoms. The second kappa shape index (κ2) is 28.6. The van der Waals surface area contributed by atoms with E-state index in [4.69, 9.17) is 5.11 Å². The van der Waals surface area contributed by atoms with Crippen LogP contribution in [0.25, 0.3) is 0 Å². The van der Waals surface area contributed by atoms with E-state index in [1.807, 2.05) is 0 Å². The summed E-state index contributed by atoms with van der Waals surface area (Å²) in [6, 6.07) is -1.02. The van der Waals surface area contributed by atoms with Crippen LogP contribution in [0.3, 0.4) is 0 Å². The highest BCUT2D eigenvalue weighted by Crippen LogP contribution is 2.05. The average Bonchev–Trinajstić information content (AvgIpc) is 2.98. The molecule has 0 saturated carbocycles. The lowest BCUT2D eigenvalue weighted by atomic mass is 10.1. The van der Waals surface area contributed by atoms with Gasteiger partial charge in [-0.2, -0.15) is 0 Å². The van der Waals surface area contributed by atoms with Crippen molar-refractivity contribution in [1.29, 1.82) is 0 Å². The Labute approximate surface area is 264 Å². The van der Waals surface area contributed by atoms with Crippen LogP contribution in [0.1, 0.15) is 136 Å². The molecule has 1 atom stereocenters. The number of carbonyl (C=O) groups excluding carboxylic acids is 5. The molecule has 12 nitrogen and oxygen atoms in total. The number of unbranched alkanes of at least 4 members (excludes halogenated alkanes) is 10. The van der Waals surface area contributed by atoms with Gasteiger partial charge in [0.2, 0.25) is 29.5 Å². The Morgan fingerprint density at radius 3 is 1.45 bits per heavy atom. The first-order chi connectivity index (χ1) is 21.2. The maximum Gasteiger partial charge on any atom is 0.303 e. The molecule has 254 valence electrons. The first-order valence-corrected chi connectivity index (χ1v) is 16.8. The lowest BCUT2D eigenvalue weighted by molar-refractivity contribution is -0.137. The Morgan fingerprint density at radius 1 is 0.477 bits per heavy atom. The van der Waals surface area contributed by atoms with Gasteiger partial charge in [-0.05, 0) is 25.7 Å². The van der Waals surface area contributed by atoms with Crippen LogP contribution in [0.2, 0.25) is 0 Å². The fourth-order valence-electron chi connectivity index (χ4n) is 4.48. The van der Waals surface area contributed by atoms with E-state index in [1.165, 1.54) is 38.5 Å². The quantitative estimate of drug-likeness (QED) is 0.0688. The van der Waals surface area contributed by atoms with E-state index in [9.17, 15) is 28.8 Å². The molecule has 0 aliphatic rings. The number of hydrogen-bond acceptors (Lipinski definition) is 6. The average molecular weight is 626 g/mol. The van der Waals surface area contributed by atoms with Crippen molar-refractivity contribution < 1.29 is 33.9 Å². The van der Waals surface area contributed by atoms with Crippen LogP contribution >= 0.6 is 0 Å². The molecule has 5 amide bonds. The van der Waals surface area contributed by atoms with Crippen LogP contribution in [-0.2, 0) is 28.8 Å². The number of nitrogens with one attached hydrogen (secondary N) is 5. The van der Waals surface area contributed by atoms with E-state index in [-0.39, 0.29) is 75.8 Å². The minimum atomic E-state index is -1.02. The Hall–Kier alpha value is -3.18. The van der Waals surface area contributed by atoms with Gasteiger partial charge in [0.25, 0.3) is 0 Å². The lowest BCUT2D eigenvalue weighted by Gasteiger charge is -2.18. The summed E-state index contributed by atoms with van der Waals surface area (Å²) in [4.78, 5) is 72.3. The molecule has 0 fully saturated rings. The van der Waals surface area contributed by atoms with Crippen molar-refractivity contribution in [3.63, 3.8) is 0 Å². The molecule has 0 heterocycles. The number of carboxylic acids is 1. The highest BCUT2D eigenvalue weighted by molar-refractivity contribution is 5.89. The number of aliphatic carboxylic acids is 1. The van der Waals surface area contributed by atoms with Crippen LogP contribution in [0.5, 0.6) is 0 Å². The molecule has 1 unspecified atom stereocenters. The molecule has 0 radical (unpaired) electrons. The van der Waals surface area contributed by atoms with Crippen molar-refractivity contribution in [2.45, 2.75) is 142 Å². The summed E-state index contributed by atoms with van der Waals surface area (Å²) in [5.41, 5.74) is 0. The zero-order chi connectivity index (χ0) is 32.8. The van der Waals surface area contributed by atoms with Crippen molar-refractivity contribution in [3.8, 4) is 0 Å². The van der Waals surface area contributed by atoms with Crippen LogP contribution in [0, 0.1) is 0 Å². The number of carbonyl (C=O) groups is 6. The summed E-state index contributed by atoms with van der Waals surface area (Å²) in [6.45, 7) is 5.77. The van der Waals surface area contributed by atoms with Gasteiger partial charge in [0.15, 0.2) is 0 Å². The van der Waals surface area contributed by atoms with Crippen molar-refractivity contribution in [2.75, 3.05) is 26.2 Å². The summed E-state index contributed by atoms with van der Waals surface area (Å²) in [5.74, 6) is -2.72. The Kier molecular flexibility index (Phi) is 26.5. The van der Waals surface area contributed by atoms with Crippen molar-refractivity contribution in [3.05, 3.63) is 0 Å². The van der Waals surface area contributed by atoms with Crippen LogP contribution in [0.4, 0.5) is 0 Å². The van der Waals surface area contributed by atoms with Crippen molar-refractivity contribution >= 4 is 35.5 Å². The van der Waals surface area contributed by atoms with E-state index in [0.717, 1.165) is 38.5 Å². The summed E-state index contributed by atoms with van der Waals surface area (Å²) >= 11 is 0. The Bertz CT molecular complexity index is 838. The summed E-state index contributed by atoms with van der Waals surface area (Å²) in [7, 11) is 0. The molecule has 0 saturated heterocycles. The predicted octanol–water partition coefficient (Wildman–Crippen LogP) is 3.47. The molecule has 0 spiro atoms. The normalized spacial score (nSPS) is 11.3. The molecule has 0 aliphatic carbocycles. The minimum Gasteiger partial charge on any atom is -0.481 e. The van der Waals surface area contributed by atoms with Gasteiger partial charge in [0.05, 0.1) is 0 Å². The zero-order valence-corrected chi connectivity index (χ0v) is 27.2. The molecular weight excluding hydrogens is 566 g/mol. The molecule has 0 aromatic carbocycles. The molecule has 0 aromatic rings. The maximum atomic E-state index is 12.8. The molecule has 0 aliphatic heterocycles. The summed E-state index contributed by atoms with van der Waals surface area (Å²) in [6.07, 6.45) is 13.6. The molecule has 0 aromatic heterocycles. The number of rotatable bonds is 29. The smallest absolute Gasteiger partial charge is 0.303 e. The van der Waals surface area contributed by atoms with Crippen LogP contribution in [-0.4, -0.2) is 72.8 Å². The third-order valence-corrected chi connectivity index (χ3v) is 7.14. The summed E-state index contributed by atoms with van der Waals surface area (Å²) in [5, 5.41) is 22.4. The van der Waals surface area contributed by atoms with Gasteiger partial charge in [0.1, 0.15) is 6.04 Å². The van der Waals surface area contributed by atoms with E-state index in [0.29, 0.717) is 13.1 Å². The fraction of sp³-hybridized carbons (Fsp3) is 0.812. The van der Waals surface area contributed by atoms with Gasteiger partial charge in [-0.3, -0.25) is 28.8 Å². The molecule has 0 bridgehead atoms. The second-order valence-corrected chi connectivity index (χ2v) is 11.3. The lowest BCUT2D eigenvalue weighted by Crippen LogP contribution is -2.48. The first kappa shape index (κ1) is 40.8. The molecule has 6 N–H and O–H groups in total. The SMILES string of the molecule is CCCCCCCCNC(=O)CCNC(=O)CCC(NC(=O)CCCC(=O)O)C(=O)NCCC(=O)NCCCCCCCC. The topological polar surface area (TPSA) is 183 Å². The van der Waals surface area contributed by atoms with Crippen molar-refractivity contribution in [1.82, 2.24) is 26.6 Å². The van der Waals surface area contributed by atoms with Crippen molar-refractivity contribution in [2.24, 2.45) is 0 Å². The van der Waals surface area contributed by atoms with Gasteiger partial charge in [-0.25, -0.2) is 0 Å². The third-order valence-electron chi connectivity index (χ3n) is 7.14. The predicted molar refractivity (Wildman–Crippen MR) is 171 cm³/mol. The Balaban J connectivity index is 4.48. The van der Waals surface area contributed by atoms with E-state index in [1.54, 1.807) is 0 Å². The maximum absolute atomic E-state index is 12.8. The monoisotopic (exact) mass is 625 g/mol.